The molecule has 2 aliphatic heterocycles. The Morgan fingerprint density at radius 2 is 2.00 bits per heavy atom. The van der Waals surface area contributed by atoms with Gasteiger partial charge in [0, 0.05) is 19.7 Å². The number of anilines is 2. The number of rotatable bonds is 5. The predicted molar refractivity (Wildman–Crippen MR) is 106 cm³/mol. The van der Waals surface area contributed by atoms with Crippen molar-refractivity contribution in [3.05, 3.63) is 41.6 Å². The van der Waals surface area contributed by atoms with E-state index >= 15 is 0 Å². The van der Waals surface area contributed by atoms with Gasteiger partial charge < -0.3 is 24.4 Å². The zero-order valence-corrected chi connectivity index (χ0v) is 16.2. The summed E-state index contributed by atoms with van der Waals surface area (Å²) in [7, 11) is 3.31. The molecule has 0 saturated carbocycles. The molecule has 1 aromatic heterocycles. The molecule has 1 unspecified atom stereocenters. The molecule has 1 fully saturated rings. The van der Waals surface area contributed by atoms with Crippen LogP contribution in [0.2, 0.25) is 0 Å². The molecule has 7 heteroatoms. The predicted octanol–water partition coefficient (Wildman–Crippen LogP) is 2.78. The van der Waals surface area contributed by atoms with Crippen LogP contribution in [0.1, 0.15) is 24.0 Å². The minimum absolute atomic E-state index is 0.120. The third-order valence-corrected chi connectivity index (χ3v) is 5.30. The van der Waals surface area contributed by atoms with Crippen molar-refractivity contribution in [2.24, 2.45) is 0 Å². The molecular weight excluding hydrogens is 358 g/mol. The van der Waals surface area contributed by atoms with Crippen molar-refractivity contribution in [2.45, 2.75) is 31.9 Å². The van der Waals surface area contributed by atoms with Crippen LogP contribution in [0.4, 0.5) is 11.5 Å². The smallest absolute Gasteiger partial charge is 0.254 e. The molecule has 0 spiro atoms. The van der Waals surface area contributed by atoms with Crippen molar-refractivity contribution < 1.29 is 19.0 Å². The molecule has 1 aromatic carbocycles. The largest absolute Gasteiger partial charge is 0.493 e. The lowest BCUT2D eigenvalue weighted by Gasteiger charge is -2.31. The van der Waals surface area contributed by atoms with Gasteiger partial charge in [0.1, 0.15) is 11.9 Å². The van der Waals surface area contributed by atoms with E-state index < -0.39 is 0 Å². The molecule has 0 aliphatic carbocycles. The highest BCUT2D eigenvalue weighted by atomic mass is 16.5. The fourth-order valence-electron chi connectivity index (χ4n) is 3.74. The fraction of sp³-hybridized carbons (Fsp3) is 0.429. The second-order valence-corrected chi connectivity index (χ2v) is 7.04. The van der Waals surface area contributed by atoms with Gasteiger partial charge >= 0.3 is 0 Å². The Bertz CT molecular complexity index is 847. The van der Waals surface area contributed by atoms with Gasteiger partial charge in [-0.3, -0.25) is 4.79 Å². The van der Waals surface area contributed by atoms with Crippen LogP contribution >= 0.6 is 0 Å². The Morgan fingerprint density at radius 1 is 1.21 bits per heavy atom. The molecule has 1 atom stereocenters. The van der Waals surface area contributed by atoms with Crippen LogP contribution in [0, 0.1) is 0 Å². The van der Waals surface area contributed by atoms with Crippen molar-refractivity contribution in [3.63, 3.8) is 0 Å². The molecule has 148 valence electrons. The van der Waals surface area contributed by atoms with Gasteiger partial charge in [0.05, 0.1) is 26.1 Å². The first-order valence-electron chi connectivity index (χ1n) is 9.55. The highest BCUT2D eigenvalue weighted by Crippen LogP contribution is 2.34. The summed E-state index contributed by atoms with van der Waals surface area (Å²) in [5.74, 6) is 1.94. The molecule has 0 radical (unpaired) electrons. The van der Waals surface area contributed by atoms with Gasteiger partial charge in [-0.15, -0.1) is 0 Å². The molecule has 2 aromatic rings. The van der Waals surface area contributed by atoms with E-state index in [1.165, 1.54) is 11.1 Å². The number of nitrogens with one attached hydrogen (secondary N) is 1. The lowest BCUT2D eigenvalue weighted by Crippen LogP contribution is -2.30. The number of methoxy groups -OCH3 is 2. The monoisotopic (exact) mass is 383 g/mol. The van der Waals surface area contributed by atoms with Crippen LogP contribution in [0.3, 0.4) is 0 Å². The minimum atomic E-state index is -0.355. The average Bonchev–Trinajstić information content (AvgIpc) is 3.28. The second-order valence-electron chi connectivity index (χ2n) is 7.04. The number of carbonyl (C=O) groups is 1. The molecule has 3 heterocycles. The van der Waals surface area contributed by atoms with Crippen LogP contribution in [0.15, 0.2) is 30.5 Å². The third-order valence-electron chi connectivity index (χ3n) is 5.30. The Hall–Kier alpha value is -2.80. The Kier molecular flexibility index (Phi) is 5.34. The summed E-state index contributed by atoms with van der Waals surface area (Å²) in [5, 5.41) is 2.83. The van der Waals surface area contributed by atoms with E-state index in [1.807, 2.05) is 18.2 Å². The Balaban J connectivity index is 1.44. The molecular formula is C21H25N3O4. The maximum Gasteiger partial charge on any atom is 0.254 e. The van der Waals surface area contributed by atoms with Gasteiger partial charge in [-0.05, 0) is 54.7 Å². The fourth-order valence-corrected chi connectivity index (χ4v) is 3.74. The van der Waals surface area contributed by atoms with Gasteiger partial charge in [0.2, 0.25) is 0 Å². The van der Waals surface area contributed by atoms with E-state index in [-0.39, 0.29) is 12.0 Å². The zero-order chi connectivity index (χ0) is 19.5. The topological polar surface area (TPSA) is 72.9 Å². The normalized spacial score (nSPS) is 18.5. The van der Waals surface area contributed by atoms with Crippen molar-refractivity contribution in [1.82, 2.24) is 4.98 Å². The van der Waals surface area contributed by atoms with Crippen molar-refractivity contribution in [2.75, 3.05) is 37.6 Å². The van der Waals surface area contributed by atoms with Crippen LogP contribution in [0.25, 0.3) is 0 Å². The zero-order valence-electron chi connectivity index (χ0n) is 16.2. The van der Waals surface area contributed by atoms with E-state index in [0.717, 1.165) is 49.5 Å². The first-order valence-corrected chi connectivity index (χ1v) is 9.55. The first-order chi connectivity index (χ1) is 13.7. The number of nitrogens with zero attached hydrogens (tertiary/aromatic N) is 2. The van der Waals surface area contributed by atoms with Crippen LogP contribution in [-0.2, 0) is 22.5 Å². The summed E-state index contributed by atoms with van der Waals surface area (Å²) in [6, 6.07) is 7.94. The summed E-state index contributed by atoms with van der Waals surface area (Å²) >= 11 is 0. The molecule has 4 rings (SSSR count). The summed E-state index contributed by atoms with van der Waals surface area (Å²) in [6.45, 7) is 2.32. The quantitative estimate of drug-likeness (QED) is 0.856. The summed E-state index contributed by atoms with van der Waals surface area (Å²) in [4.78, 5) is 18.8. The molecule has 7 nitrogen and oxygen atoms in total. The summed E-state index contributed by atoms with van der Waals surface area (Å²) in [5.41, 5.74) is 3.53. The third kappa shape index (κ3) is 3.75. The van der Waals surface area contributed by atoms with Crippen molar-refractivity contribution in [3.8, 4) is 11.5 Å². The second kappa shape index (κ2) is 8.06. The summed E-state index contributed by atoms with van der Waals surface area (Å²) < 4.78 is 16.2. The number of ether oxygens (including phenoxy) is 3. The number of pyridine rings is 1. The lowest BCUT2D eigenvalue weighted by atomic mass is 9.98. The van der Waals surface area contributed by atoms with Gasteiger partial charge in [-0.1, -0.05) is 0 Å². The van der Waals surface area contributed by atoms with Crippen LogP contribution in [0.5, 0.6) is 11.5 Å². The van der Waals surface area contributed by atoms with E-state index in [2.05, 4.69) is 21.3 Å². The number of amides is 1. The van der Waals surface area contributed by atoms with E-state index in [0.29, 0.717) is 12.4 Å². The number of aromatic nitrogens is 1. The van der Waals surface area contributed by atoms with Gasteiger partial charge in [-0.25, -0.2) is 4.98 Å². The Labute approximate surface area is 164 Å². The van der Waals surface area contributed by atoms with E-state index in [1.54, 1.807) is 20.4 Å². The SMILES string of the molecule is COc1cc2c(cc1OC)CN(c1ccc(NC(=O)C3CCCO3)nc1)CC2. The number of carbonyl (C=O) groups excluding carboxylic acids is 1. The molecule has 1 amide bonds. The number of fused-ring (bicyclic) bond motifs is 1. The van der Waals surface area contributed by atoms with Crippen LogP contribution < -0.4 is 19.7 Å². The molecule has 28 heavy (non-hydrogen) atoms. The number of hydrogen-bond acceptors (Lipinski definition) is 6. The highest BCUT2D eigenvalue weighted by Gasteiger charge is 2.24. The van der Waals surface area contributed by atoms with Gasteiger partial charge in [-0.2, -0.15) is 0 Å². The van der Waals surface area contributed by atoms with Crippen LogP contribution in [-0.4, -0.2) is 44.4 Å². The molecule has 0 bridgehead atoms. The average molecular weight is 383 g/mol. The Morgan fingerprint density at radius 3 is 2.64 bits per heavy atom. The molecule has 1 saturated heterocycles. The maximum atomic E-state index is 12.1. The highest BCUT2D eigenvalue weighted by molar-refractivity contribution is 5.93. The molecule has 1 N–H and O–H groups in total. The minimum Gasteiger partial charge on any atom is -0.493 e. The first kappa shape index (κ1) is 18.6. The molecule has 2 aliphatic rings. The summed E-state index contributed by atoms with van der Waals surface area (Å²) in [6.07, 6.45) is 4.07. The number of hydrogen-bond donors (Lipinski definition) is 1. The van der Waals surface area contributed by atoms with E-state index in [9.17, 15) is 4.79 Å². The van der Waals surface area contributed by atoms with Crippen molar-refractivity contribution >= 4 is 17.4 Å². The maximum absolute atomic E-state index is 12.1. The van der Waals surface area contributed by atoms with Crippen molar-refractivity contribution in [1.29, 1.82) is 0 Å². The number of benzene rings is 1. The van der Waals surface area contributed by atoms with E-state index in [4.69, 9.17) is 14.2 Å². The van der Waals surface area contributed by atoms with Gasteiger partial charge in [0.15, 0.2) is 11.5 Å². The van der Waals surface area contributed by atoms with Gasteiger partial charge in [0.25, 0.3) is 5.91 Å². The standard InChI is InChI=1S/C21H25N3O4/c1-26-18-10-14-7-8-24(13-15(14)11-19(18)27-2)16-5-6-20(22-12-16)23-21(25)17-4-3-9-28-17/h5-6,10-12,17H,3-4,7-9,13H2,1-2H3,(H,22,23,25). The lowest BCUT2D eigenvalue weighted by molar-refractivity contribution is -0.124.